The van der Waals surface area contributed by atoms with Gasteiger partial charge in [-0.2, -0.15) is 0 Å². The lowest BCUT2D eigenvalue weighted by Crippen LogP contribution is -2.26. The summed E-state index contributed by atoms with van der Waals surface area (Å²) in [6.45, 7) is 5.82. The first kappa shape index (κ1) is 21.2. The summed E-state index contributed by atoms with van der Waals surface area (Å²) >= 11 is 0. The van der Waals surface area contributed by atoms with E-state index in [-0.39, 0.29) is 17.9 Å². The Morgan fingerprint density at radius 1 is 0.920 bits per heavy atom. The average Bonchev–Trinajstić information content (AvgIpc) is 2.56. The molecule has 1 atom stereocenters. The molecular formula is C21H32O4. The van der Waals surface area contributed by atoms with E-state index in [1.54, 1.807) is 13.8 Å². The highest BCUT2D eigenvalue weighted by Crippen LogP contribution is 2.16. The van der Waals surface area contributed by atoms with E-state index in [1.807, 2.05) is 30.3 Å². The first-order chi connectivity index (χ1) is 12.0. The van der Waals surface area contributed by atoms with Gasteiger partial charge in [0.05, 0.1) is 12.7 Å². The normalized spacial score (nSPS) is 12.0. The molecule has 1 rings (SSSR count). The molecule has 0 aliphatic carbocycles. The maximum Gasteiger partial charge on any atom is 0.316 e. The van der Waals surface area contributed by atoms with Crippen molar-refractivity contribution in [3.05, 3.63) is 30.3 Å². The van der Waals surface area contributed by atoms with Crippen molar-refractivity contribution in [2.75, 3.05) is 6.61 Å². The number of unbranched alkanes of at least 4 members (excludes halogenated alkanes) is 5. The fraction of sp³-hybridized carbons (Fsp3) is 0.619. The zero-order chi connectivity index (χ0) is 18.5. The molecule has 0 N–H and O–H groups in total. The third-order valence-corrected chi connectivity index (χ3v) is 4.03. The maximum absolute atomic E-state index is 11.9. The molecule has 0 radical (unpaired) electrons. The van der Waals surface area contributed by atoms with Gasteiger partial charge in [0.1, 0.15) is 17.5 Å². The van der Waals surface area contributed by atoms with Crippen LogP contribution in [-0.2, 0) is 14.3 Å². The highest BCUT2D eigenvalue weighted by atomic mass is 16.5. The van der Waals surface area contributed by atoms with Crippen LogP contribution >= 0.6 is 0 Å². The number of ketones is 1. The van der Waals surface area contributed by atoms with Crippen molar-refractivity contribution in [2.24, 2.45) is 5.92 Å². The Bertz CT molecular complexity index is 496. The van der Waals surface area contributed by atoms with Crippen molar-refractivity contribution < 1.29 is 19.1 Å². The number of rotatable bonds is 13. The van der Waals surface area contributed by atoms with E-state index < -0.39 is 5.92 Å². The van der Waals surface area contributed by atoms with Gasteiger partial charge < -0.3 is 9.47 Å². The summed E-state index contributed by atoms with van der Waals surface area (Å²) in [5.74, 6) is -0.142. The van der Waals surface area contributed by atoms with Crippen LogP contribution in [-0.4, -0.2) is 24.5 Å². The Morgan fingerprint density at radius 3 is 2.12 bits per heavy atom. The lowest BCUT2D eigenvalue weighted by atomic mass is 9.97. The zero-order valence-electron chi connectivity index (χ0n) is 15.8. The second-order valence-electron chi connectivity index (χ2n) is 6.72. The number of hydrogen-bond donors (Lipinski definition) is 0. The zero-order valence-corrected chi connectivity index (χ0v) is 15.8. The van der Waals surface area contributed by atoms with Crippen molar-refractivity contribution in [3.63, 3.8) is 0 Å². The molecule has 0 bridgehead atoms. The highest BCUT2D eigenvalue weighted by Gasteiger charge is 2.24. The Balaban J connectivity index is 2.04. The van der Waals surface area contributed by atoms with Gasteiger partial charge in [-0.1, -0.05) is 50.3 Å². The van der Waals surface area contributed by atoms with E-state index in [9.17, 15) is 9.59 Å². The lowest BCUT2D eigenvalue weighted by molar-refractivity contribution is -0.155. The number of hydrogen-bond acceptors (Lipinski definition) is 4. The van der Waals surface area contributed by atoms with Gasteiger partial charge in [0.25, 0.3) is 0 Å². The van der Waals surface area contributed by atoms with Crippen LogP contribution in [0, 0.1) is 5.92 Å². The predicted molar refractivity (Wildman–Crippen MR) is 99.7 cm³/mol. The molecular weight excluding hydrogens is 316 g/mol. The Labute approximate surface area is 151 Å². The molecule has 1 unspecified atom stereocenters. The van der Waals surface area contributed by atoms with Gasteiger partial charge >= 0.3 is 5.97 Å². The maximum atomic E-state index is 11.9. The molecule has 0 saturated carbocycles. The second-order valence-corrected chi connectivity index (χ2v) is 6.72. The molecule has 1 aromatic carbocycles. The summed E-state index contributed by atoms with van der Waals surface area (Å²) in [6.07, 6.45) is 6.81. The molecule has 4 heteroatoms. The van der Waals surface area contributed by atoms with Crippen LogP contribution in [0.25, 0.3) is 0 Å². The summed E-state index contributed by atoms with van der Waals surface area (Å²) in [7, 11) is 0. The summed E-state index contributed by atoms with van der Waals surface area (Å²) in [5.41, 5.74) is 0. The van der Waals surface area contributed by atoms with E-state index in [4.69, 9.17) is 9.47 Å². The first-order valence-electron chi connectivity index (χ1n) is 9.39. The van der Waals surface area contributed by atoms with E-state index in [1.165, 1.54) is 6.92 Å². The summed E-state index contributed by atoms with van der Waals surface area (Å²) in [5, 5.41) is 0. The van der Waals surface area contributed by atoms with Gasteiger partial charge in [-0.15, -0.1) is 0 Å². The Morgan fingerprint density at radius 2 is 1.52 bits per heavy atom. The minimum atomic E-state index is -0.596. The molecule has 0 spiro atoms. The number of carbonyl (C=O) groups is 2. The van der Waals surface area contributed by atoms with Crippen LogP contribution in [0.5, 0.6) is 5.75 Å². The number of Topliss-reactive ketones (excluding diaryl/α,β-unsaturated/α-hetero) is 1. The molecule has 140 valence electrons. The molecule has 25 heavy (non-hydrogen) atoms. The van der Waals surface area contributed by atoms with Crippen LogP contribution in [0.4, 0.5) is 0 Å². The van der Waals surface area contributed by atoms with Crippen LogP contribution < -0.4 is 4.74 Å². The van der Waals surface area contributed by atoms with Gasteiger partial charge in [0, 0.05) is 0 Å². The van der Waals surface area contributed by atoms with E-state index in [0.717, 1.165) is 50.9 Å². The minimum Gasteiger partial charge on any atom is -0.494 e. The minimum absolute atomic E-state index is 0.0938. The van der Waals surface area contributed by atoms with Crippen LogP contribution in [0.15, 0.2) is 30.3 Å². The number of para-hydroxylation sites is 1. The average molecular weight is 348 g/mol. The SMILES string of the molecule is CC(=O)C(CCCCCCCCOc1ccccc1)C(=O)OC(C)C. The Kier molecular flexibility index (Phi) is 10.6. The molecule has 0 amide bonds. The smallest absolute Gasteiger partial charge is 0.316 e. The van der Waals surface area contributed by atoms with E-state index >= 15 is 0 Å². The molecule has 0 aromatic heterocycles. The van der Waals surface area contributed by atoms with Crippen LogP contribution in [0.2, 0.25) is 0 Å². The number of ether oxygens (including phenoxy) is 2. The van der Waals surface area contributed by atoms with E-state index in [2.05, 4.69) is 0 Å². The molecule has 0 saturated heterocycles. The van der Waals surface area contributed by atoms with Crippen molar-refractivity contribution in [3.8, 4) is 5.75 Å². The fourth-order valence-corrected chi connectivity index (χ4v) is 2.67. The molecule has 0 fully saturated rings. The van der Waals surface area contributed by atoms with Crippen molar-refractivity contribution in [1.29, 1.82) is 0 Å². The predicted octanol–water partition coefficient (Wildman–Crippen LogP) is 4.95. The van der Waals surface area contributed by atoms with Crippen molar-refractivity contribution >= 4 is 11.8 Å². The largest absolute Gasteiger partial charge is 0.494 e. The van der Waals surface area contributed by atoms with Gasteiger partial charge in [0.15, 0.2) is 0 Å². The molecule has 0 aliphatic heterocycles. The third kappa shape index (κ3) is 9.90. The van der Waals surface area contributed by atoms with Crippen LogP contribution in [0.1, 0.15) is 65.7 Å². The lowest BCUT2D eigenvalue weighted by Gasteiger charge is -2.15. The fourth-order valence-electron chi connectivity index (χ4n) is 2.67. The molecule has 0 aliphatic rings. The summed E-state index contributed by atoms with van der Waals surface area (Å²) in [4.78, 5) is 23.5. The van der Waals surface area contributed by atoms with Gasteiger partial charge in [-0.05, 0) is 45.7 Å². The first-order valence-corrected chi connectivity index (χ1v) is 9.39. The highest BCUT2D eigenvalue weighted by molar-refractivity contribution is 5.97. The quantitative estimate of drug-likeness (QED) is 0.287. The van der Waals surface area contributed by atoms with Crippen LogP contribution in [0.3, 0.4) is 0 Å². The molecule has 0 heterocycles. The Hall–Kier alpha value is -1.84. The summed E-state index contributed by atoms with van der Waals surface area (Å²) in [6, 6.07) is 9.86. The topological polar surface area (TPSA) is 52.6 Å². The van der Waals surface area contributed by atoms with Gasteiger partial charge in [0.2, 0.25) is 0 Å². The number of carbonyl (C=O) groups excluding carboxylic acids is 2. The molecule has 4 nitrogen and oxygen atoms in total. The number of esters is 1. The number of benzene rings is 1. The molecule has 1 aromatic rings. The van der Waals surface area contributed by atoms with Gasteiger partial charge in [-0.3, -0.25) is 9.59 Å². The summed E-state index contributed by atoms with van der Waals surface area (Å²) < 4.78 is 10.8. The third-order valence-electron chi connectivity index (χ3n) is 4.03. The van der Waals surface area contributed by atoms with E-state index in [0.29, 0.717) is 6.42 Å². The second kappa shape index (κ2) is 12.5. The standard InChI is InChI=1S/C21H32O4/c1-17(2)25-21(23)20(18(3)22)15-11-6-4-5-7-12-16-24-19-13-9-8-10-14-19/h8-10,13-14,17,20H,4-7,11-12,15-16H2,1-3H3. The monoisotopic (exact) mass is 348 g/mol. The van der Waals surface area contributed by atoms with Crippen molar-refractivity contribution in [1.82, 2.24) is 0 Å². The van der Waals surface area contributed by atoms with Crippen molar-refractivity contribution in [2.45, 2.75) is 71.8 Å². The van der Waals surface area contributed by atoms with Gasteiger partial charge in [-0.25, -0.2) is 0 Å².